The maximum atomic E-state index is 12.1. The Balaban J connectivity index is 2.27. The summed E-state index contributed by atoms with van der Waals surface area (Å²) in [6, 6.07) is 0. The fourth-order valence-electron chi connectivity index (χ4n) is 2.20. The predicted molar refractivity (Wildman–Crippen MR) is 77.6 cm³/mol. The molecule has 7 heteroatoms. The SMILES string of the molecule is CCOC(=O)CCN(C)CC(=O)N1CCN(C(C)=O)CC1. The summed E-state index contributed by atoms with van der Waals surface area (Å²) in [7, 11) is 1.81. The van der Waals surface area contributed by atoms with Gasteiger partial charge in [-0.05, 0) is 14.0 Å². The van der Waals surface area contributed by atoms with E-state index in [1.54, 1.807) is 23.6 Å². The van der Waals surface area contributed by atoms with Crippen LogP contribution < -0.4 is 0 Å². The Labute approximate surface area is 125 Å². The van der Waals surface area contributed by atoms with Gasteiger partial charge in [-0.2, -0.15) is 0 Å². The van der Waals surface area contributed by atoms with Crippen molar-refractivity contribution in [1.29, 1.82) is 0 Å². The van der Waals surface area contributed by atoms with Crippen molar-refractivity contribution < 1.29 is 19.1 Å². The molecule has 0 spiro atoms. The van der Waals surface area contributed by atoms with Crippen molar-refractivity contribution in [1.82, 2.24) is 14.7 Å². The molecule has 0 bridgehead atoms. The average Bonchev–Trinajstić information content (AvgIpc) is 2.45. The lowest BCUT2D eigenvalue weighted by atomic mass is 10.3. The first kappa shape index (κ1) is 17.4. The van der Waals surface area contributed by atoms with Crippen molar-refractivity contribution in [3.8, 4) is 0 Å². The second-order valence-corrected chi connectivity index (χ2v) is 5.18. The van der Waals surface area contributed by atoms with Crippen molar-refractivity contribution in [3.63, 3.8) is 0 Å². The largest absolute Gasteiger partial charge is 0.466 e. The van der Waals surface area contributed by atoms with Crippen LogP contribution in [0, 0.1) is 0 Å². The van der Waals surface area contributed by atoms with E-state index in [4.69, 9.17) is 4.74 Å². The van der Waals surface area contributed by atoms with Crippen LogP contribution in [0.3, 0.4) is 0 Å². The van der Waals surface area contributed by atoms with Gasteiger partial charge in [-0.25, -0.2) is 0 Å². The van der Waals surface area contributed by atoms with Crippen molar-refractivity contribution >= 4 is 17.8 Å². The van der Waals surface area contributed by atoms with Crippen LogP contribution in [-0.2, 0) is 19.1 Å². The maximum absolute atomic E-state index is 12.1. The van der Waals surface area contributed by atoms with E-state index in [0.717, 1.165) is 0 Å². The third kappa shape index (κ3) is 6.12. The number of hydrogen-bond acceptors (Lipinski definition) is 5. The standard InChI is InChI=1S/C14H25N3O4/c1-4-21-14(20)5-6-15(3)11-13(19)17-9-7-16(8-10-17)12(2)18/h4-11H2,1-3H3. The molecule has 0 saturated carbocycles. The molecule has 0 aliphatic carbocycles. The van der Waals surface area contributed by atoms with Crippen LogP contribution in [0.5, 0.6) is 0 Å². The highest BCUT2D eigenvalue weighted by molar-refractivity contribution is 5.79. The number of carbonyl (C=O) groups is 3. The summed E-state index contributed by atoms with van der Waals surface area (Å²) in [4.78, 5) is 39.9. The molecule has 0 aromatic heterocycles. The number of amides is 2. The van der Waals surface area contributed by atoms with E-state index in [2.05, 4.69) is 0 Å². The minimum Gasteiger partial charge on any atom is -0.466 e. The van der Waals surface area contributed by atoms with Gasteiger partial charge < -0.3 is 14.5 Å². The fraction of sp³-hybridized carbons (Fsp3) is 0.786. The van der Waals surface area contributed by atoms with Gasteiger partial charge in [0.15, 0.2) is 0 Å². The topological polar surface area (TPSA) is 70.2 Å². The minimum atomic E-state index is -0.244. The number of piperazine rings is 1. The van der Waals surface area contributed by atoms with Gasteiger partial charge in [0.2, 0.25) is 11.8 Å². The van der Waals surface area contributed by atoms with Gasteiger partial charge in [0.05, 0.1) is 19.6 Å². The van der Waals surface area contributed by atoms with Gasteiger partial charge in [0, 0.05) is 39.6 Å². The van der Waals surface area contributed by atoms with Crippen molar-refractivity contribution in [2.45, 2.75) is 20.3 Å². The third-order valence-electron chi connectivity index (χ3n) is 3.49. The number of ether oxygens (including phenoxy) is 1. The monoisotopic (exact) mass is 299 g/mol. The van der Waals surface area contributed by atoms with E-state index >= 15 is 0 Å². The first-order valence-corrected chi connectivity index (χ1v) is 7.31. The van der Waals surface area contributed by atoms with Crippen LogP contribution >= 0.6 is 0 Å². The summed E-state index contributed by atoms with van der Waals surface area (Å²) in [5.41, 5.74) is 0. The molecule has 1 rings (SSSR count). The molecule has 1 heterocycles. The molecule has 0 N–H and O–H groups in total. The van der Waals surface area contributed by atoms with E-state index in [9.17, 15) is 14.4 Å². The lowest BCUT2D eigenvalue weighted by Gasteiger charge is -2.35. The Kier molecular flexibility index (Phi) is 7.14. The Morgan fingerprint density at radius 1 is 1.10 bits per heavy atom. The Hall–Kier alpha value is -1.63. The molecule has 0 aromatic rings. The van der Waals surface area contributed by atoms with Gasteiger partial charge in [-0.3, -0.25) is 19.3 Å². The molecule has 1 fully saturated rings. The van der Waals surface area contributed by atoms with Crippen LogP contribution in [0.1, 0.15) is 20.3 Å². The van der Waals surface area contributed by atoms with Crippen LogP contribution in [0.2, 0.25) is 0 Å². The van der Waals surface area contributed by atoms with Crippen LogP contribution in [-0.4, -0.2) is 85.4 Å². The molecular weight excluding hydrogens is 274 g/mol. The molecule has 0 unspecified atom stereocenters. The summed E-state index contributed by atoms with van der Waals surface area (Å²) >= 11 is 0. The molecule has 1 aliphatic heterocycles. The number of carbonyl (C=O) groups excluding carboxylic acids is 3. The number of likely N-dealkylation sites (N-methyl/N-ethyl adjacent to an activating group) is 1. The highest BCUT2D eigenvalue weighted by atomic mass is 16.5. The summed E-state index contributed by atoms with van der Waals surface area (Å²) in [6.45, 7) is 6.79. The smallest absolute Gasteiger partial charge is 0.307 e. The third-order valence-corrected chi connectivity index (χ3v) is 3.49. The van der Waals surface area contributed by atoms with Gasteiger partial charge in [-0.1, -0.05) is 0 Å². The second kappa shape index (κ2) is 8.61. The van der Waals surface area contributed by atoms with Crippen LogP contribution in [0.25, 0.3) is 0 Å². The normalized spacial score (nSPS) is 15.2. The summed E-state index contributed by atoms with van der Waals surface area (Å²) in [5.74, 6) is -0.162. The fourth-order valence-corrected chi connectivity index (χ4v) is 2.20. The lowest BCUT2D eigenvalue weighted by molar-refractivity contribution is -0.144. The molecule has 120 valence electrons. The predicted octanol–water partition coefficient (Wildman–Crippen LogP) is -0.438. The number of rotatable bonds is 6. The van der Waals surface area contributed by atoms with E-state index in [1.807, 2.05) is 11.9 Å². The lowest BCUT2D eigenvalue weighted by Crippen LogP contribution is -2.52. The zero-order valence-electron chi connectivity index (χ0n) is 13.1. The van der Waals surface area contributed by atoms with Crippen LogP contribution in [0.15, 0.2) is 0 Å². The van der Waals surface area contributed by atoms with Gasteiger partial charge in [0.1, 0.15) is 0 Å². The van der Waals surface area contributed by atoms with E-state index in [1.165, 1.54) is 0 Å². The molecule has 0 aromatic carbocycles. The summed E-state index contributed by atoms with van der Waals surface area (Å²) < 4.78 is 4.85. The zero-order chi connectivity index (χ0) is 15.8. The Morgan fingerprint density at radius 3 is 2.19 bits per heavy atom. The minimum absolute atomic E-state index is 0.0320. The van der Waals surface area contributed by atoms with Crippen molar-refractivity contribution in [2.75, 3.05) is 52.9 Å². The van der Waals surface area contributed by atoms with Gasteiger partial charge >= 0.3 is 5.97 Å². The highest BCUT2D eigenvalue weighted by Crippen LogP contribution is 2.03. The first-order chi connectivity index (χ1) is 9.93. The maximum Gasteiger partial charge on any atom is 0.307 e. The van der Waals surface area contributed by atoms with Crippen molar-refractivity contribution in [3.05, 3.63) is 0 Å². The van der Waals surface area contributed by atoms with Crippen molar-refractivity contribution in [2.24, 2.45) is 0 Å². The van der Waals surface area contributed by atoms with Crippen LogP contribution in [0.4, 0.5) is 0 Å². The number of nitrogens with zero attached hydrogens (tertiary/aromatic N) is 3. The van der Waals surface area contributed by atoms with E-state index < -0.39 is 0 Å². The molecule has 1 saturated heterocycles. The molecule has 0 atom stereocenters. The molecule has 7 nitrogen and oxygen atoms in total. The second-order valence-electron chi connectivity index (χ2n) is 5.18. The molecule has 21 heavy (non-hydrogen) atoms. The summed E-state index contributed by atoms with van der Waals surface area (Å²) in [6.07, 6.45) is 0.287. The Morgan fingerprint density at radius 2 is 1.67 bits per heavy atom. The van der Waals surface area contributed by atoms with Gasteiger partial charge in [-0.15, -0.1) is 0 Å². The molecule has 1 aliphatic rings. The number of hydrogen-bond donors (Lipinski definition) is 0. The summed E-state index contributed by atoms with van der Waals surface area (Å²) in [5, 5.41) is 0. The zero-order valence-corrected chi connectivity index (χ0v) is 13.1. The molecule has 2 amide bonds. The average molecular weight is 299 g/mol. The van der Waals surface area contributed by atoms with E-state index in [0.29, 0.717) is 39.3 Å². The molecular formula is C14H25N3O4. The highest BCUT2D eigenvalue weighted by Gasteiger charge is 2.22. The Bertz CT molecular complexity index is 378. The van der Waals surface area contributed by atoms with E-state index in [-0.39, 0.29) is 30.7 Å². The quantitative estimate of drug-likeness (QED) is 0.622. The number of esters is 1. The van der Waals surface area contributed by atoms with Gasteiger partial charge in [0.25, 0.3) is 0 Å². The molecule has 0 radical (unpaired) electrons. The first-order valence-electron chi connectivity index (χ1n) is 7.31.